The fourth-order valence-corrected chi connectivity index (χ4v) is 12.4. The van der Waals surface area contributed by atoms with Crippen molar-refractivity contribution >= 4 is 87.4 Å². The highest BCUT2D eigenvalue weighted by molar-refractivity contribution is 7.26. The summed E-state index contributed by atoms with van der Waals surface area (Å²) in [4.78, 5) is 4.99. The standard InChI is InChI=1S/C59H43N3S/c1-3-16-41(17-4-1)61-53-25-10-7-20-47(53)50-38-44(32-34-54(50)61)60(43-30-28-40(29-31-43)46-22-15-23-49-48-21-8-12-27-57(48)63-58(46)49)45-33-35-56-52(39-45)59(36-13-14-37-59)51-24-9-11-26-55(51)62(56)42-18-5-2-6-19-42/h1-12,15-35,38-39H,13-14,36-37H2. The summed E-state index contributed by atoms with van der Waals surface area (Å²) in [6.07, 6.45) is 4.74. The van der Waals surface area contributed by atoms with E-state index in [0.717, 1.165) is 35.6 Å². The third-order valence-electron chi connectivity index (χ3n) is 13.9. The van der Waals surface area contributed by atoms with E-state index in [1.54, 1.807) is 0 Å². The Hall–Kier alpha value is -7.40. The molecule has 0 saturated heterocycles. The van der Waals surface area contributed by atoms with Crippen molar-refractivity contribution < 1.29 is 0 Å². The number of hydrogen-bond acceptors (Lipinski definition) is 3. The predicted octanol–water partition coefficient (Wildman–Crippen LogP) is 16.9. The Balaban J connectivity index is 1.02. The second-order valence-electron chi connectivity index (χ2n) is 17.2. The minimum atomic E-state index is -0.0568. The summed E-state index contributed by atoms with van der Waals surface area (Å²) in [6.45, 7) is 0. The molecule has 2 aliphatic rings. The zero-order valence-electron chi connectivity index (χ0n) is 34.8. The van der Waals surface area contributed by atoms with Gasteiger partial charge in [0.2, 0.25) is 0 Å². The molecule has 1 fully saturated rings. The van der Waals surface area contributed by atoms with Crippen molar-refractivity contribution in [1.82, 2.24) is 4.57 Å². The zero-order chi connectivity index (χ0) is 41.5. The van der Waals surface area contributed by atoms with Crippen LogP contribution in [0.3, 0.4) is 0 Å². The zero-order valence-corrected chi connectivity index (χ0v) is 35.6. The first-order valence-electron chi connectivity index (χ1n) is 22.2. The highest BCUT2D eigenvalue weighted by atomic mass is 32.1. The van der Waals surface area contributed by atoms with Gasteiger partial charge in [0, 0.05) is 64.8 Å². The molecular weight excluding hydrogens is 783 g/mol. The maximum Gasteiger partial charge on any atom is 0.0542 e. The van der Waals surface area contributed by atoms with Crippen molar-refractivity contribution in [3.8, 4) is 16.8 Å². The largest absolute Gasteiger partial charge is 0.310 e. The molecule has 300 valence electrons. The smallest absolute Gasteiger partial charge is 0.0542 e. The third kappa shape index (κ3) is 5.58. The van der Waals surface area contributed by atoms with Gasteiger partial charge in [-0.2, -0.15) is 0 Å². The number of benzene rings is 9. The van der Waals surface area contributed by atoms with Crippen LogP contribution in [0.15, 0.2) is 212 Å². The molecule has 3 heterocycles. The van der Waals surface area contributed by atoms with Crippen LogP contribution in [-0.2, 0) is 5.41 Å². The van der Waals surface area contributed by atoms with E-state index < -0.39 is 0 Å². The first-order valence-corrected chi connectivity index (χ1v) is 23.0. The van der Waals surface area contributed by atoms with Gasteiger partial charge in [-0.25, -0.2) is 0 Å². The molecule has 63 heavy (non-hydrogen) atoms. The Kier molecular flexibility index (Phi) is 8.25. The Morgan fingerprint density at radius 2 is 1.05 bits per heavy atom. The lowest BCUT2D eigenvalue weighted by Gasteiger charge is -2.44. The van der Waals surface area contributed by atoms with Gasteiger partial charge in [0.05, 0.1) is 22.4 Å². The molecular formula is C59H43N3S. The number of anilines is 6. The summed E-state index contributed by atoms with van der Waals surface area (Å²) in [7, 11) is 0. The molecule has 0 N–H and O–H groups in total. The number of fused-ring (bicyclic) bond motifs is 10. The van der Waals surface area contributed by atoms with E-state index in [1.807, 2.05) is 11.3 Å². The van der Waals surface area contributed by atoms with Crippen LogP contribution in [0.5, 0.6) is 0 Å². The summed E-state index contributed by atoms with van der Waals surface area (Å²) >= 11 is 1.89. The second-order valence-corrected chi connectivity index (χ2v) is 18.3. The second kappa shape index (κ2) is 14.3. The summed E-state index contributed by atoms with van der Waals surface area (Å²) < 4.78 is 5.07. The fraction of sp³-hybridized carbons (Fsp3) is 0.0847. The van der Waals surface area contributed by atoms with Gasteiger partial charge < -0.3 is 14.4 Å². The Morgan fingerprint density at radius 3 is 1.87 bits per heavy atom. The van der Waals surface area contributed by atoms with Crippen LogP contribution in [0, 0.1) is 0 Å². The van der Waals surface area contributed by atoms with E-state index >= 15 is 0 Å². The van der Waals surface area contributed by atoms with Crippen molar-refractivity contribution in [1.29, 1.82) is 0 Å². The molecule has 1 saturated carbocycles. The van der Waals surface area contributed by atoms with Crippen LogP contribution in [0.4, 0.5) is 34.1 Å². The fourth-order valence-electron chi connectivity index (χ4n) is 11.1. The average Bonchev–Trinajstić information content (AvgIpc) is 4.08. The number of rotatable bonds is 6. The highest BCUT2D eigenvalue weighted by Gasteiger charge is 2.45. The van der Waals surface area contributed by atoms with E-state index in [-0.39, 0.29) is 5.41 Å². The third-order valence-corrected chi connectivity index (χ3v) is 15.1. The van der Waals surface area contributed by atoms with Crippen LogP contribution in [0.25, 0.3) is 58.8 Å². The van der Waals surface area contributed by atoms with Crippen LogP contribution >= 0.6 is 11.3 Å². The number of nitrogens with zero attached hydrogens (tertiary/aromatic N) is 3. The lowest BCUT2D eigenvalue weighted by molar-refractivity contribution is 0.530. The number of hydrogen-bond donors (Lipinski definition) is 0. The summed E-state index contributed by atoms with van der Waals surface area (Å²) in [5, 5.41) is 5.13. The number of thiophene rings is 1. The minimum Gasteiger partial charge on any atom is -0.310 e. The number of para-hydroxylation sites is 4. The van der Waals surface area contributed by atoms with Gasteiger partial charge in [-0.3, -0.25) is 0 Å². The Labute approximate surface area is 371 Å². The minimum absolute atomic E-state index is 0.0568. The quantitative estimate of drug-likeness (QED) is 0.165. The number of aromatic nitrogens is 1. The van der Waals surface area contributed by atoms with Crippen LogP contribution in [0.1, 0.15) is 36.8 Å². The van der Waals surface area contributed by atoms with Gasteiger partial charge in [0.25, 0.3) is 0 Å². The summed E-state index contributed by atoms with van der Waals surface area (Å²) in [5.74, 6) is 0. The average molecular weight is 826 g/mol. The molecule has 0 amide bonds. The normalized spacial score (nSPS) is 14.2. The molecule has 11 aromatic rings. The monoisotopic (exact) mass is 825 g/mol. The van der Waals surface area contributed by atoms with E-state index in [0.29, 0.717) is 0 Å². The van der Waals surface area contributed by atoms with E-state index in [1.165, 1.54) is 94.1 Å². The van der Waals surface area contributed by atoms with E-state index in [2.05, 4.69) is 227 Å². The van der Waals surface area contributed by atoms with Crippen molar-refractivity contribution in [3.05, 3.63) is 223 Å². The van der Waals surface area contributed by atoms with Gasteiger partial charge in [-0.05, 0) is 126 Å². The molecule has 0 atom stereocenters. The van der Waals surface area contributed by atoms with Crippen LogP contribution in [0.2, 0.25) is 0 Å². The maximum absolute atomic E-state index is 2.54. The topological polar surface area (TPSA) is 11.4 Å². The van der Waals surface area contributed by atoms with Gasteiger partial charge >= 0.3 is 0 Å². The van der Waals surface area contributed by atoms with E-state index in [4.69, 9.17) is 0 Å². The van der Waals surface area contributed by atoms with Crippen molar-refractivity contribution in [3.63, 3.8) is 0 Å². The molecule has 0 unspecified atom stereocenters. The van der Waals surface area contributed by atoms with Gasteiger partial charge in [-0.1, -0.05) is 134 Å². The molecule has 1 spiro atoms. The molecule has 0 radical (unpaired) electrons. The van der Waals surface area contributed by atoms with E-state index in [9.17, 15) is 0 Å². The van der Waals surface area contributed by atoms with Crippen LogP contribution in [-0.4, -0.2) is 4.57 Å². The molecule has 1 aliphatic carbocycles. The first kappa shape index (κ1) is 36.3. The maximum atomic E-state index is 2.54. The van der Waals surface area contributed by atoms with Gasteiger partial charge in [-0.15, -0.1) is 11.3 Å². The molecule has 0 bridgehead atoms. The molecule has 1 aliphatic heterocycles. The Bertz CT molecular complexity index is 3520. The first-order chi connectivity index (χ1) is 31.2. The SMILES string of the molecule is c1ccc(N2c3ccccc3C3(CCCC3)c3cc(N(c4ccc(-c5cccc6c5sc5ccccc56)cc4)c4ccc5c(c4)c4ccccc4n5-c4ccccc4)ccc32)cc1. The summed E-state index contributed by atoms with van der Waals surface area (Å²) in [6, 6.07) is 78.9. The highest BCUT2D eigenvalue weighted by Crippen LogP contribution is 2.59. The molecule has 9 aromatic carbocycles. The van der Waals surface area contributed by atoms with Crippen molar-refractivity contribution in [2.45, 2.75) is 31.1 Å². The van der Waals surface area contributed by atoms with Crippen molar-refractivity contribution in [2.75, 3.05) is 9.80 Å². The Morgan fingerprint density at radius 1 is 0.429 bits per heavy atom. The lowest BCUT2D eigenvalue weighted by Crippen LogP contribution is -2.33. The van der Waals surface area contributed by atoms with Crippen LogP contribution < -0.4 is 9.80 Å². The molecule has 2 aromatic heterocycles. The summed E-state index contributed by atoms with van der Waals surface area (Å²) in [5.41, 5.74) is 16.1. The molecule has 13 rings (SSSR count). The predicted molar refractivity (Wildman–Crippen MR) is 268 cm³/mol. The molecule has 3 nitrogen and oxygen atoms in total. The van der Waals surface area contributed by atoms with Crippen molar-refractivity contribution in [2.24, 2.45) is 0 Å². The molecule has 4 heteroatoms. The van der Waals surface area contributed by atoms with Gasteiger partial charge in [0.1, 0.15) is 0 Å². The lowest BCUT2D eigenvalue weighted by atomic mass is 9.69. The van der Waals surface area contributed by atoms with Gasteiger partial charge in [0.15, 0.2) is 0 Å².